The van der Waals surface area contributed by atoms with E-state index in [0.717, 1.165) is 49.8 Å². The van der Waals surface area contributed by atoms with Crippen LogP contribution in [0.1, 0.15) is 49.3 Å². The summed E-state index contributed by atoms with van der Waals surface area (Å²) in [7, 11) is 0. The molecule has 0 radical (unpaired) electrons. The number of hydrogen-bond acceptors (Lipinski definition) is 1. The summed E-state index contributed by atoms with van der Waals surface area (Å²) in [5, 5.41) is 10.4. The molecule has 0 amide bonds. The molecule has 1 N–H and O–H groups in total. The molecule has 1 aromatic rings. The van der Waals surface area contributed by atoms with Crippen LogP contribution in [0.5, 0.6) is 0 Å². The Morgan fingerprint density at radius 1 is 1.15 bits per heavy atom. The van der Waals surface area contributed by atoms with Gasteiger partial charge in [0, 0.05) is 4.47 Å². The molecule has 20 heavy (non-hydrogen) atoms. The molecule has 0 aliphatic heterocycles. The molecule has 0 saturated heterocycles. The zero-order valence-electron chi connectivity index (χ0n) is 10.9. The van der Waals surface area contributed by atoms with Crippen LogP contribution in [0.15, 0.2) is 34.3 Å². The maximum absolute atomic E-state index is 12.8. The Morgan fingerprint density at radius 3 is 2.60 bits per heavy atom. The lowest BCUT2D eigenvalue weighted by Crippen LogP contribution is -2.08. The van der Waals surface area contributed by atoms with E-state index in [9.17, 15) is 18.3 Å². The van der Waals surface area contributed by atoms with Crippen molar-refractivity contribution in [3.63, 3.8) is 0 Å². The largest absolute Gasteiger partial charge is 0.416 e. The second-order valence-corrected chi connectivity index (χ2v) is 5.87. The van der Waals surface area contributed by atoms with E-state index in [2.05, 4.69) is 15.9 Å². The van der Waals surface area contributed by atoms with Crippen LogP contribution in [0.25, 0.3) is 0 Å². The van der Waals surface area contributed by atoms with Gasteiger partial charge < -0.3 is 5.11 Å². The smallest absolute Gasteiger partial charge is 0.384 e. The number of aliphatic hydroxyl groups is 1. The maximum atomic E-state index is 12.8. The number of benzene rings is 1. The number of halogens is 4. The van der Waals surface area contributed by atoms with Gasteiger partial charge in [-0.15, -0.1) is 0 Å². The molecule has 0 heterocycles. The molecule has 0 spiro atoms. The van der Waals surface area contributed by atoms with Crippen molar-refractivity contribution in [2.24, 2.45) is 0 Å². The Bertz CT molecular complexity index is 508. The summed E-state index contributed by atoms with van der Waals surface area (Å²) in [5.74, 6) is 0. The quantitative estimate of drug-likeness (QED) is 0.710. The topological polar surface area (TPSA) is 20.2 Å². The van der Waals surface area contributed by atoms with Crippen molar-refractivity contribution < 1.29 is 18.3 Å². The zero-order chi connectivity index (χ0) is 14.8. The van der Waals surface area contributed by atoms with Gasteiger partial charge >= 0.3 is 6.18 Å². The standard InChI is InChI=1S/C15H16BrF3O/c16-13-8-7-11(15(17,18)19)9-12(13)14(20)10-5-3-1-2-4-6-10/h5,7-9,14,20H,1-4,6H2. The monoisotopic (exact) mass is 348 g/mol. The minimum Gasteiger partial charge on any atom is -0.384 e. The van der Waals surface area contributed by atoms with E-state index >= 15 is 0 Å². The Kier molecular flexibility index (Phi) is 4.91. The Balaban J connectivity index is 2.33. The second-order valence-electron chi connectivity index (χ2n) is 5.01. The third-order valence-electron chi connectivity index (χ3n) is 3.55. The molecule has 1 aliphatic carbocycles. The average molecular weight is 349 g/mol. The van der Waals surface area contributed by atoms with Crippen LogP contribution in [0.4, 0.5) is 13.2 Å². The summed E-state index contributed by atoms with van der Waals surface area (Å²) in [6, 6.07) is 3.39. The van der Waals surface area contributed by atoms with Gasteiger partial charge in [0.15, 0.2) is 0 Å². The molecule has 0 bridgehead atoms. The minimum atomic E-state index is -4.40. The maximum Gasteiger partial charge on any atom is 0.416 e. The van der Waals surface area contributed by atoms with Gasteiger partial charge in [-0.05, 0) is 55.0 Å². The lowest BCUT2D eigenvalue weighted by molar-refractivity contribution is -0.137. The fourth-order valence-electron chi connectivity index (χ4n) is 2.42. The van der Waals surface area contributed by atoms with Crippen molar-refractivity contribution in [3.05, 3.63) is 45.4 Å². The molecule has 0 aromatic heterocycles. The summed E-state index contributed by atoms with van der Waals surface area (Å²) in [6.07, 6.45) is 1.35. The number of alkyl halides is 3. The molecule has 5 heteroatoms. The van der Waals surface area contributed by atoms with E-state index in [1.807, 2.05) is 6.08 Å². The molecule has 2 rings (SSSR count). The van der Waals surface area contributed by atoms with Crippen LogP contribution in [-0.4, -0.2) is 5.11 Å². The highest BCUT2D eigenvalue weighted by atomic mass is 79.9. The van der Waals surface area contributed by atoms with Crippen LogP contribution in [-0.2, 0) is 6.18 Å². The summed E-state index contributed by atoms with van der Waals surface area (Å²) < 4.78 is 38.8. The first-order valence-corrected chi connectivity index (χ1v) is 7.42. The molecule has 1 atom stereocenters. The summed E-state index contributed by atoms with van der Waals surface area (Å²) in [5.41, 5.74) is 0.375. The Hall–Kier alpha value is -0.810. The molecule has 0 fully saturated rings. The third-order valence-corrected chi connectivity index (χ3v) is 4.27. The van der Waals surface area contributed by atoms with Crippen LogP contribution >= 0.6 is 15.9 Å². The molecule has 1 nitrogen and oxygen atoms in total. The predicted molar refractivity (Wildman–Crippen MR) is 75.3 cm³/mol. The van der Waals surface area contributed by atoms with Crippen molar-refractivity contribution in [2.75, 3.05) is 0 Å². The number of aliphatic hydroxyl groups excluding tert-OH is 1. The summed E-state index contributed by atoms with van der Waals surface area (Å²) in [4.78, 5) is 0. The zero-order valence-corrected chi connectivity index (χ0v) is 12.5. The first-order valence-electron chi connectivity index (χ1n) is 6.63. The number of rotatable bonds is 2. The second kappa shape index (κ2) is 6.31. The highest BCUT2D eigenvalue weighted by Crippen LogP contribution is 2.37. The third kappa shape index (κ3) is 3.64. The van der Waals surface area contributed by atoms with Gasteiger partial charge in [-0.2, -0.15) is 13.2 Å². The Labute approximate surface area is 124 Å². The average Bonchev–Trinajstić information content (AvgIpc) is 2.66. The van der Waals surface area contributed by atoms with Crippen molar-refractivity contribution in [1.82, 2.24) is 0 Å². The number of allylic oxidation sites excluding steroid dienone is 1. The summed E-state index contributed by atoms with van der Waals surface area (Å²) in [6.45, 7) is 0. The molecule has 1 aliphatic rings. The van der Waals surface area contributed by atoms with Crippen molar-refractivity contribution >= 4 is 15.9 Å². The highest BCUT2D eigenvalue weighted by molar-refractivity contribution is 9.10. The molecule has 110 valence electrons. The van der Waals surface area contributed by atoms with Crippen molar-refractivity contribution in [3.8, 4) is 0 Å². The molecule has 0 saturated carbocycles. The lowest BCUT2D eigenvalue weighted by atomic mass is 9.96. The molecule has 1 aromatic carbocycles. The van der Waals surface area contributed by atoms with Gasteiger partial charge in [0.1, 0.15) is 6.10 Å². The molecule has 1 unspecified atom stereocenters. The van der Waals surface area contributed by atoms with Crippen LogP contribution in [0, 0.1) is 0 Å². The number of hydrogen-bond donors (Lipinski definition) is 1. The van der Waals surface area contributed by atoms with Crippen molar-refractivity contribution in [2.45, 2.75) is 44.4 Å². The fourth-order valence-corrected chi connectivity index (χ4v) is 2.88. The SMILES string of the molecule is OC(C1=CCCCCC1)c1cc(C(F)(F)F)ccc1Br. The van der Waals surface area contributed by atoms with Gasteiger partial charge in [0.25, 0.3) is 0 Å². The van der Waals surface area contributed by atoms with Gasteiger partial charge in [0.05, 0.1) is 5.56 Å². The van der Waals surface area contributed by atoms with E-state index in [4.69, 9.17) is 0 Å². The first kappa shape index (κ1) is 15.6. The highest BCUT2D eigenvalue weighted by Gasteiger charge is 2.31. The molecular weight excluding hydrogens is 333 g/mol. The first-order chi connectivity index (χ1) is 9.39. The van der Waals surface area contributed by atoms with Crippen LogP contribution < -0.4 is 0 Å². The van der Waals surface area contributed by atoms with Gasteiger partial charge in [-0.1, -0.05) is 28.4 Å². The minimum absolute atomic E-state index is 0.285. The Morgan fingerprint density at radius 2 is 1.90 bits per heavy atom. The predicted octanol–water partition coefficient (Wildman–Crippen LogP) is 5.39. The fraction of sp³-hybridized carbons (Fsp3) is 0.467. The summed E-state index contributed by atoms with van der Waals surface area (Å²) >= 11 is 3.23. The van der Waals surface area contributed by atoms with Gasteiger partial charge in [0.2, 0.25) is 0 Å². The van der Waals surface area contributed by atoms with Gasteiger partial charge in [-0.25, -0.2) is 0 Å². The van der Waals surface area contributed by atoms with E-state index in [0.29, 0.717) is 4.47 Å². The van der Waals surface area contributed by atoms with E-state index in [1.165, 1.54) is 6.07 Å². The van der Waals surface area contributed by atoms with E-state index in [1.54, 1.807) is 0 Å². The van der Waals surface area contributed by atoms with E-state index in [-0.39, 0.29) is 5.56 Å². The normalized spacial score (nSPS) is 18.4. The molecular formula is C15H16BrF3O. The van der Waals surface area contributed by atoms with Crippen molar-refractivity contribution in [1.29, 1.82) is 0 Å². The van der Waals surface area contributed by atoms with E-state index < -0.39 is 17.8 Å². The van der Waals surface area contributed by atoms with Crippen LogP contribution in [0.3, 0.4) is 0 Å². The van der Waals surface area contributed by atoms with Crippen LogP contribution in [0.2, 0.25) is 0 Å². The van der Waals surface area contributed by atoms with Gasteiger partial charge in [-0.3, -0.25) is 0 Å². The lowest BCUT2D eigenvalue weighted by Gasteiger charge is -2.18.